The Balaban J connectivity index is 1.76. The minimum absolute atomic E-state index is 0.422. The molecule has 7 nitrogen and oxygen atoms in total. The Bertz CT molecular complexity index is 1240. The third-order valence-electron chi connectivity index (χ3n) is 4.94. The molecule has 2 heterocycles. The third-order valence-corrected chi connectivity index (χ3v) is 4.94. The number of anilines is 2. The van der Waals surface area contributed by atoms with E-state index >= 15 is 0 Å². The van der Waals surface area contributed by atoms with Crippen molar-refractivity contribution in [2.24, 2.45) is 0 Å². The SMILES string of the molecule is COCCOc1ccc(-c2cncc(C#N)c2Nc2cccc3[nH]ccc23)cc1OC. The van der Waals surface area contributed by atoms with Crippen LogP contribution < -0.4 is 14.8 Å². The molecule has 0 saturated heterocycles. The van der Waals surface area contributed by atoms with E-state index in [1.54, 1.807) is 26.6 Å². The highest BCUT2D eigenvalue weighted by atomic mass is 16.5. The summed E-state index contributed by atoms with van der Waals surface area (Å²) in [4.78, 5) is 7.47. The smallest absolute Gasteiger partial charge is 0.161 e. The van der Waals surface area contributed by atoms with Crippen molar-refractivity contribution in [3.63, 3.8) is 0 Å². The lowest BCUT2D eigenvalue weighted by Gasteiger charge is -2.16. The second-order valence-electron chi connectivity index (χ2n) is 6.80. The van der Waals surface area contributed by atoms with Crippen LogP contribution in [0.5, 0.6) is 11.5 Å². The lowest BCUT2D eigenvalue weighted by atomic mass is 10.0. The molecule has 0 atom stereocenters. The van der Waals surface area contributed by atoms with Gasteiger partial charge in [-0.1, -0.05) is 12.1 Å². The van der Waals surface area contributed by atoms with Gasteiger partial charge >= 0.3 is 0 Å². The molecular formula is C24H22N4O3. The zero-order valence-electron chi connectivity index (χ0n) is 17.3. The van der Waals surface area contributed by atoms with Crippen molar-refractivity contribution in [2.75, 3.05) is 32.8 Å². The van der Waals surface area contributed by atoms with Crippen LogP contribution >= 0.6 is 0 Å². The minimum atomic E-state index is 0.422. The average Bonchev–Trinajstić information content (AvgIpc) is 3.29. The fourth-order valence-electron chi connectivity index (χ4n) is 3.42. The quantitative estimate of drug-likeness (QED) is 0.399. The number of pyridine rings is 1. The first-order valence-electron chi connectivity index (χ1n) is 9.76. The molecule has 0 bridgehead atoms. The van der Waals surface area contributed by atoms with Crippen molar-refractivity contribution < 1.29 is 14.2 Å². The van der Waals surface area contributed by atoms with E-state index in [0.717, 1.165) is 27.7 Å². The molecule has 4 aromatic rings. The van der Waals surface area contributed by atoms with Crippen LogP contribution in [-0.2, 0) is 4.74 Å². The number of nitrogens with one attached hydrogen (secondary N) is 2. The van der Waals surface area contributed by atoms with Gasteiger partial charge in [-0.15, -0.1) is 0 Å². The van der Waals surface area contributed by atoms with Crippen LogP contribution in [0.2, 0.25) is 0 Å². The molecule has 0 aliphatic heterocycles. The van der Waals surface area contributed by atoms with Gasteiger partial charge in [-0.2, -0.15) is 5.26 Å². The highest BCUT2D eigenvalue weighted by Crippen LogP contribution is 2.38. The molecule has 0 fully saturated rings. The summed E-state index contributed by atoms with van der Waals surface area (Å²) < 4.78 is 16.3. The van der Waals surface area contributed by atoms with E-state index in [1.165, 1.54) is 0 Å². The summed E-state index contributed by atoms with van der Waals surface area (Å²) in [6, 6.07) is 15.8. The summed E-state index contributed by atoms with van der Waals surface area (Å²) >= 11 is 0. The first kappa shape index (κ1) is 20.3. The predicted octanol–water partition coefficient (Wildman–Crippen LogP) is 4.88. The van der Waals surface area contributed by atoms with Crippen LogP contribution in [0.15, 0.2) is 61.1 Å². The number of H-pyrrole nitrogens is 1. The molecule has 0 spiro atoms. The van der Waals surface area contributed by atoms with Gasteiger partial charge in [0.05, 0.1) is 25.0 Å². The standard InChI is InChI=1S/C24H22N4O3/c1-29-10-11-31-22-7-6-16(12-23(22)30-2)19-15-26-14-17(13-25)24(19)28-21-5-3-4-20-18(21)8-9-27-20/h3-9,12,14-15,27H,10-11H2,1-2H3,(H,26,28). The number of hydrogen-bond donors (Lipinski definition) is 2. The van der Waals surface area contributed by atoms with Crippen LogP contribution in [0.1, 0.15) is 5.56 Å². The van der Waals surface area contributed by atoms with Crippen molar-refractivity contribution in [2.45, 2.75) is 0 Å². The largest absolute Gasteiger partial charge is 0.493 e. The molecule has 2 N–H and O–H groups in total. The maximum atomic E-state index is 9.71. The summed E-state index contributed by atoms with van der Waals surface area (Å²) in [5.74, 6) is 1.22. The van der Waals surface area contributed by atoms with Gasteiger partial charge in [0.1, 0.15) is 12.7 Å². The van der Waals surface area contributed by atoms with E-state index in [4.69, 9.17) is 14.2 Å². The number of nitriles is 1. The van der Waals surface area contributed by atoms with Crippen LogP contribution in [0.4, 0.5) is 11.4 Å². The number of aromatic amines is 1. The first-order valence-corrected chi connectivity index (χ1v) is 9.76. The van der Waals surface area contributed by atoms with E-state index in [9.17, 15) is 5.26 Å². The van der Waals surface area contributed by atoms with Gasteiger partial charge in [-0.05, 0) is 35.9 Å². The number of ether oxygens (including phenoxy) is 3. The molecule has 7 heteroatoms. The highest BCUT2D eigenvalue weighted by Gasteiger charge is 2.15. The molecule has 31 heavy (non-hydrogen) atoms. The summed E-state index contributed by atoms with van der Waals surface area (Å²) in [7, 11) is 3.22. The number of methoxy groups -OCH3 is 2. The predicted molar refractivity (Wildman–Crippen MR) is 120 cm³/mol. The molecule has 0 aliphatic rings. The topological polar surface area (TPSA) is 92.2 Å². The van der Waals surface area contributed by atoms with E-state index in [1.807, 2.05) is 48.7 Å². The highest BCUT2D eigenvalue weighted by molar-refractivity contribution is 5.96. The number of nitrogens with zero attached hydrogens (tertiary/aromatic N) is 2. The Hall–Kier alpha value is -4.02. The fraction of sp³-hybridized carbons (Fsp3) is 0.167. The fourth-order valence-corrected chi connectivity index (χ4v) is 3.42. The van der Waals surface area contributed by atoms with Crippen molar-refractivity contribution >= 4 is 22.3 Å². The number of hydrogen-bond acceptors (Lipinski definition) is 6. The van der Waals surface area contributed by atoms with Crippen molar-refractivity contribution in [3.8, 4) is 28.7 Å². The molecular weight excluding hydrogens is 392 g/mol. The molecule has 0 radical (unpaired) electrons. The maximum absolute atomic E-state index is 9.71. The number of benzene rings is 2. The summed E-state index contributed by atoms with van der Waals surface area (Å²) in [6.07, 6.45) is 5.19. The molecule has 2 aromatic carbocycles. The van der Waals surface area contributed by atoms with Crippen molar-refractivity contribution in [3.05, 3.63) is 66.6 Å². The van der Waals surface area contributed by atoms with Crippen LogP contribution in [0.3, 0.4) is 0 Å². The zero-order chi connectivity index (χ0) is 21.6. The molecule has 0 amide bonds. The van der Waals surface area contributed by atoms with E-state index in [0.29, 0.717) is 36.0 Å². The monoisotopic (exact) mass is 414 g/mol. The van der Waals surface area contributed by atoms with Gasteiger partial charge in [0.25, 0.3) is 0 Å². The van der Waals surface area contributed by atoms with Gasteiger partial charge in [0.15, 0.2) is 11.5 Å². The number of rotatable bonds is 8. The summed E-state index contributed by atoms with van der Waals surface area (Å²) in [5, 5.41) is 14.2. The first-order chi connectivity index (χ1) is 15.2. The molecule has 2 aromatic heterocycles. The third kappa shape index (κ3) is 4.15. The molecule has 4 rings (SSSR count). The lowest BCUT2D eigenvalue weighted by molar-refractivity contribution is 0.144. The van der Waals surface area contributed by atoms with E-state index in [-0.39, 0.29) is 0 Å². The van der Waals surface area contributed by atoms with E-state index in [2.05, 4.69) is 21.4 Å². The van der Waals surface area contributed by atoms with Gasteiger partial charge < -0.3 is 24.5 Å². The van der Waals surface area contributed by atoms with Crippen LogP contribution in [-0.4, -0.2) is 37.4 Å². The molecule has 0 saturated carbocycles. The number of fused-ring (bicyclic) bond motifs is 1. The summed E-state index contributed by atoms with van der Waals surface area (Å²) in [5.41, 5.74) is 4.68. The average molecular weight is 414 g/mol. The lowest BCUT2D eigenvalue weighted by Crippen LogP contribution is -2.05. The Kier molecular flexibility index (Phi) is 6.01. The second kappa shape index (κ2) is 9.20. The van der Waals surface area contributed by atoms with Gasteiger partial charge in [0.2, 0.25) is 0 Å². The van der Waals surface area contributed by atoms with E-state index < -0.39 is 0 Å². The molecule has 0 aliphatic carbocycles. The zero-order valence-corrected chi connectivity index (χ0v) is 17.3. The van der Waals surface area contributed by atoms with Crippen LogP contribution in [0.25, 0.3) is 22.0 Å². The van der Waals surface area contributed by atoms with Gasteiger partial charge in [-0.3, -0.25) is 4.98 Å². The minimum Gasteiger partial charge on any atom is -0.493 e. The Morgan fingerprint density at radius 3 is 2.77 bits per heavy atom. The van der Waals surface area contributed by atoms with Crippen molar-refractivity contribution in [1.29, 1.82) is 5.26 Å². The van der Waals surface area contributed by atoms with Crippen LogP contribution in [0, 0.1) is 11.3 Å². The Morgan fingerprint density at radius 2 is 1.97 bits per heavy atom. The number of aromatic nitrogens is 2. The maximum Gasteiger partial charge on any atom is 0.161 e. The van der Waals surface area contributed by atoms with Gasteiger partial charge in [0, 0.05) is 47.9 Å². The molecule has 156 valence electrons. The van der Waals surface area contributed by atoms with Crippen molar-refractivity contribution in [1.82, 2.24) is 9.97 Å². The second-order valence-corrected chi connectivity index (χ2v) is 6.80. The molecule has 0 unspecified atom stereocenters. The van der Waals surface area contributed by atoms with Gasteiger partial charge in [-0.25, -0.2) is 0 Å². The normalized spacial score (nSPS) is 10.6. The Morgan fingerprint density at radius 1 is 1.06 bits per heavy atom. The Labute approximate surface area is 180 Å². The summed E-state index contributed by atoms with van der Waals surface area (Å²) in [6.45, 7) is 0.906.